The SMILES string of the molecule is CCOC(=O)c1ccc(CN2C(=O)C(=O)/C(=C(\O)c3ccc(OCC)c(C(C)C)c3)C2c2cccc(C)c2)cc1. The summed E-state index contributed by atoms with van der Waals surface area (Å²) in [7, 11) is 0. The fraction of sp³-hybridized carbons (Fsp3) is 0.303. The minimum atomic E-state index is -0.793. The Bertz CT molecular complexity index is 1450. The van der Waals surface area contributed by atoms with E-state index in [9.17, 15) is 19.5 Å². The average molecular weight is 542 g/mol. The van der Waals surface area contributed by atoms with Gasteiger partial charge in [-0.05, 0) is 73.7 Å². The van der Waals surface area contributed by atoms with E-state index in [0.717, 1.165) is 28.0 Å². The number of hydrogen-bond acceptors (Lipinski definition) is 6. The summed E-state index contributed by atoms with van der Waals surface area (Å²) in [6.07, 6.45) is 0. The van der Waals surface area contributed by atoms with E-state index in [1.807, 2.05) is 58.0 Å². The number of carbonyl (C=O) groups excluding carboxylic acids is 3. The van der Waals surface area contributed by atoms with Gasteiger partial charge >= 0.3 is 5.97 Å². The number of carbonyl (C=O) groups is 3. The van der Waals surface area contributed by atoms with Crippen LogP contribution in [0.2, 0.25) is 0 Å². The first kappa shape index (κ1) is 28.6. The molecule has 1 heterocycles. The third-order valence-corrected chi connectivity index (χ3v) is 6.92. The van der Waals surface area contributed by atoms with Crippen molar-refractivity contribution in [2.75, 3.05) is 13.2 Å². The lowest BCUT2D eigenvalue weighted by Gasteiger charge is -2.26. The molecular weight excluding hydrogens is 506 g/mol. The summed E-state index contributed by atoms with van der Waals surface area (Å²) in [5.74, 6) is -1.26. The number of esters is 1. The first-order valence-electron chi connectivity index (χ1n) is 13.5. The molecule has 7 heteroatoms. The molecule has 0 bridgehead atoms. The van der Waals surface area contributed by atoms with Gasteiger partial charge in [0.15, 0.2) is 0 Å². The van der Waals surface area contributed by atoms with Crippen LogP contribution < -0.4 is 4.74 Å². The predicted molar refractivity (Wildman–Crippen MR) is 153 cm³/mol. The second-order valence-electron chi connectivity index (χ2n) is 10.1. The molecule has 0 spiro atoms. The van der Waals surface area contributed by atoms with Crippen LogP contribution in [0.1, 0.15) is 77.8 Å². The summed E-state index contributed by atoms with van der Waals surface area (Å²) >= 11 is 0. The third-order valence-electron chi connectivity index (χ3n) is 6.92. The minimum Gasteiger partial charge on any atom is -0.507 e. The number of hydrogen-bond donors (Lipinski definition) is 1. The van der Waals surface area contributed by atoms with E-state index in [-0.39, 0.29) is 30.4 Å². The summed E-state index contributed by atoms with van der Waals surface area (Å²) in [5.41, 5.74) is 4.20. The van der Waals surface area contributed by atoms with Gasteiger partial charge in [0.2, 0.25) is 0 Å². The number of benzene rings is 3. The molecule has 1 aliphatic heterocycles. The van der Waals surface area contributed by atoms with Gasteiger partial charge in [-0.3, -0.25) is 9.59 Å². The first-order chi connectivity index (χ1) is 19.2. The van der Waals surface area contributed by atoms with Crippen LogP contribution >= 0.6 is 0 Å². The first-order valence-corrected chi connectivity index (χ1v) is 13.5. The Morgan fingerprint density at radius 2 is 1.65 bits per heavy atom. The lowest BCUT2D eigenvalue weighted by atomic mass is 9.92. The Labute approximate surface area is 235 Å². The molecule has 3 aromatic carbocycles. The lowest BCUT2D eigenvalue weighted by Crippen LogP contribution is -2.29. The number of aliphatic hydroxyl groups is 1. The Morgan fingerprint density at radius 3 is 2.27 bits per heavy atom. The molecule has 1 aliphatic rings. The van der Waals surface area contributed by atoms with Crippen LogP contribution in [0.15, 0.2) is 72.3 Å². The largest absolute Gasteiger partial charge is 0.507 e. The van der Waals surface area contributed by atoms with Crippen molar-refractivity contribution in [3.8, 4) is 5.75 Å². The molecule has 3 aromatic rings. The zero-order valence-corrected chi connectivity index (χ0v) is 23.6. The number of ether oxygens (including phenoxy) is 2. The quantitative estimate of drug-likeness (QED) is 0.148. The van der Waals surface area contributed by atoms with Gasteiger partial charge in [-0.1, -0.05) is 55.8 Å². The second-order valence-corrected chi connectivity index (χ2v) is 10.1. The van der Waals surface area contributed by atoms with E-state index in [1.165, 1.54) is 4.90 Å². The number of likely N-dealkylation sites (tertiary alicyclic amines) is 1. The summed E-state index contributed by atoms with van der Waals surface area (Å²) in [6, 6.07) is 18.8. The smallest absolute Gasteiger partial charge is 0.338 e. The van der Waals surface area contributed by atoms with E-state index in [4.69, 9.17) is 9.47 Å². The van der Waals surface area contributed by atoms with Gasteiger partial charge in [0.05, 0.1) is 30.4 Å². The predicted octanol–water partition coefficient (Wildman–Crippen LogP) is 6.32. The van der Waals surface area contributed by atoms with Crippen LogP contribution in [-0.2, 0) is 20.9 Å². The standard InChI is InChI=1S/C33H35NO6/c1-6-39-27-16-15-25(18-26(27)20(3)4)30(35)28-29(24-10-8-9-21(5)17-24)34(32(37)31(28)36)19-22-11-13-23(14-12-22)33(38)40-7-2/h8-18,20,29,35H,6-7,19H2,1-5H3/b30-28-. The maximum Gasteiger partial charge on any atom is 0.338 e. The lowest BCUT2D eigenvalue weighted by molar-refractivity contribution is -0.140. The minimum absolute atomic E-state index is 0.0395. The molecule has 0 aliphatic carbocycles. The Morgan fingerprint density at radius 1 is 0.950 bits per heavy atom. The maximum absolute atomic E-state index is 13.5. The van der Waals surface area contributed by atoms with E-state index in [1.54, 1.807) is 43.3 Å². The van der Waals surface area contributed by atoms with Crippen LogP contribution in [0.5, 0.6) is 5.75 Å². The van der Waals surface area contributed by atoms with Crippen LogP contribution in [0.25, 0.3) is 5.76 Å². The molecule has 1 N–H and O–H groups in total. The van der Waals surface area contributed by atoms with Gasteiger partial charge in [0.1, 0.15) is 11.5 Å². The fourth-order valence-corrected chi connectivity index (χ4v) is 4.98. The Kier molecular flexibility index (Phi) is 8.73. The monoisotopic (exact) mass is 541 g/mol. The van der Waals surface area contributed by atoms with Crippen molar-refractivity contribution in [1.29, 1.82) is 0 Å². The summed E-state index contributed by atoms with van der Waals surface area (Å²) in [6.45, 7) is 10.5. The van der Waals surface area contributed by atoms with Gasteiger partial charge in [0, 0.05) is 12.1 Å². The highest BCUT2D eigenvalue weighted by molar-refractivity contribution is 6.46. The average Bonchev–Trinajstić information content (AvgIpc) is 3.18. The molecule has 1 fully saturated rings. The molecule has 1 amide bonds. The van der Waals surface area contributed by atoms with Crippen LogP contribution in [0.4, 0.5) is 0 Å². The van der Waals surface area contributed by atoms with Crippen molar-refractivity contribution in [2.45, 2.75) is 53.1 Å². The molecule has 0 aromatic heterocycles. The molecule has 208 valence electrons. The van der Waals surface area contributed by atoms with Crippen molar-refractivity contribution in [2.24, 2.45) is 0 Å². The Hall–Kier alpha value is -4.39. The number of Topliss-reactive ketones (excluding diaryl/α,β-unsaturated/α-hetero) is 1. The third kappa shape index (κ3) is 5.78. The fourth-order valence-electron chi connectivity index (χ4n) is 4.98. The molecule has 40 heavy (non-hydrogen) atoms. The number of amides is 1. The van der Waals surface area contributed by atoms with Crippen molar-refractivity contribution in [3.63, 3.8) is 0 Å². The topological polar surface area (TPSA) is 93.1 Å². The molecule has 0 radical (unpaired) electrons. The summed E-state index contributed by atoms with van der Waals surface area (Å²) < 4.78 is 10.8. The molecule has 1 saturated heterocycles. The van der Waals surface area contributed by atoms with Crippen LogP contribution in [0.3, 0.4) is 0 Å². The van der Waals surface area contributed by atoms with Gasteiger partial charge in [0.25, 0.3) is 11.7 Å². The highest BCUT2D eigenvalue weighted by Crippen LogP contribution is 2.41. The van der Waals surface area contributed by atoms with Crippen LogP contribution in [0, 0.1) is 6.92 Å². The van der Waals surface area contributed by atoms with E-state index in [0.29, 0.717) is 17.7 Å². The molecule has 7 nitrogen and oxygen atoms in total. The highest BCUT2D eigenvalue weighted by atomic mass is 16.5. The van der Waals surface area contributed by atoms with E-state index < -0.39 is 23.7 Å². The van der Waals surface area contributed by atoms with Gasteiger partial charge in [-0.25, -0.2) is 4.79 Å². The highest BCUT2D eigenvalue weighted by Gasteiger charge is 2.46. The second kappa shape index (κ2) is 12.2. The molecular formula is C33H35NO6. The molecule has 0 saturated carbocycles. The molecule has 1 unspecified atom stereocenters. The Balaban J connectivity index is 1.80. The van der Waals surface area contributed by atoms with E-state index >= 15 is 0 Å². The maximum atomic E-state index is 13.5. The van der Waals surface area contributed by atoms with Crippen molar-refractivity contribution in [1.82, 2.24) is 4.90 Å². The summed E-state index contributed by atoms with van der Waals surface area (Å²) in [5, 5.41) is 11.6. The van der Waals surface area contributed by atoms with Crippen LogP contribution in [-0.4, -0.2) is 40.9 Å². The molecule has 1 atom stereocenters. The normalized spacial score (nSPS) is 16.4. The summed E-state index contributed by atoms with van der Waals surface area (Å²) in [4.78, 5) is 40.5. The number of ketones is 1. The molecule has 4 rings (SSSR count). The zero-order chi connectivity index (χ0) is 29.0. The number of rotatable bonds is 9. The number of aliphatic hydroxyl groups excluding tert-OH is 1. The van der Waals surface area contributed by atoms with Gasteiger partial charge in [-0.2, -0.15) is 0 Å². The van der Waals surface area contributed by atoms with E-state index in [2.05, 4.69) is 0 Å². The number of nitrogens with zero attached hydrogens (tertiary/aromatic N) is 1. The number of aryl methyl sites for hydroxylation is 1. The van der Waals surface area contributed by atoms with Crippen molar-refractivity contribution in [3.05, 3.63) is 106 Å². The van der Waals surface area contributed by atoms with Gasteiger partial charge in [-0.15, -0.1) is 0 Å². The van der Waals surface area contributed by atoms with Crippen molar-refractivity contribution >= 4 is 23.4 Å². The van der Waals surface area contributed by atoms with Gasteiger partial charge < -0.3 is 19.5 Å². The van der Waals surface area contributed by atoms with Crippen molar-refractivity contribution < 1.29 is 29.0 Å². The zero-order valence-electron chi connectivity index (χ0n) is 23.6.